The van der Waals surface area contributed by atoms with Crippen molar-refractivity contribution in [2.75, 3.05) is 13.2 Å². The van der Waals surface area contributed by atoms with E-state index < -0.39 is 5.97 Å². The van der Waals surface area contributed by atoms with E-state index in [9.17, 15) is 9.90 Å². The van der Waals surface area contributed by atoms with Crippen molar-refractivity contribution in [2.24, 2.45) is 0 Å². The average molecular weight is 277 g/mol. The van der Waals surface area contributed by atoms with Gasteiger partial charge in [-0.25, -0.2) is 9.78 Å². The van der Waals surface area contributed by atoms with Crippen LogP contribution in [0.4, 0.5) is 0 Å². The molecule has 0 radical (unpaired) electrons. The fraction of sp³-hybridized carbons (Fsp3) is 0.286. The van der Waals surface area contributed by atoms with E-state index in [1.165, 1.54) is 11.3 Å². The minimum atomic E-state index is -0.931. The first kappa shape index (κ1) is 13.7. The Hall–Kier alpha value is -1.72. The normalized spacial score (nSPS) is 10.6. The van der Waals surface area contributed by atoms with Crippen LogP contribution in [0.2, 0.25) is 0 Å². The van der Waals surface area contributed by atoms with E-state index in [1.807, 2.05) is 37.3 Å². The lowest BCUT2D eigenvalue weighted by Gasteiger charge is -1.98. The first-order valence-electron chi connectivity index (χ1n) is 6.08. The van der Waals surface area contributed by atoms with Gasteiger partial charge in [-0.3, -0.25) is 0 Å². The minimum Gasteiger partial charge on any atom is -0.477 e. The molecule has 0 saturated heterocycles. The number of benzene rings is 1. The van der Waals surface area contributed by atoms with Crippen LogP contribution >= 0.6 is 11.3 Å². The van der Waals surface area contributed by atoms with Crippen LogP contribution in [0.15, 0.2) is 30.3 Å². The number of aromatic nitrogens is 1. The molecule has 0 unspecified atom stereocenters. The molecule has 1 heterocycles. The number of nitrogens with zero attached hydrogens (tertiary/aromatic N) is 1. The molecule has 0 aliphatic carbocycles. The molecule has 19 heavy (non-hydrogen) atoms. The van der Waals surface area contributed by atoms with E-state index in [1.54, 1.807) is 0 Å². The van der Waals surface area contributed by atoms with Crippen molar-refractivity contribution in [2.45, 2.75) is 13.3 Å². The Morgan fingerprint density at radius 3 is 2.74 bits per heavy atom. The fourth-order valence-electron chi connectivity index (χ4n) is 1.71. The number of thiazole rings is 1. The van der Waals surface area contributed by atoms with E-state index in [0.717, 1.165) is 10.6 Å². The SMILES string of the molecule is CCOCCc1nc(-c2ccccc2)c(C(=O)O)s1. The molecule has 0 aliphatic rings. The number of hydrogen-bond acceptors (Lipinski definition) is 4. The van der Waals surface area contributed by atoms with Gasteiger partial charge in [-0.2, -0.15) is 0 Å². The summed E-state index contributed by atoms with van der Waals surface area (Å²) in [6.07, 6.45) is 0.644. The van der Waals surface area contributed by atoms with Gasteiger partial charge in [-0.15, -0.1) is 11.3 Å². The van der Waals surface area contributed by atoms with Crippen molar-refractivity contribution in [3.8, 4) is 11.3 Å². The lowest BCUT2D eigenvalue weighted by atomic mass is 10.1. The predicted octanol–water partition coefficient (Wildman–Crippen LogP) is 3.09. The highest BCUT2D eigenvalue weighted by Crippen LogP contribution is 2.28. The first-order valence-corrected chi connectivity index (χ1v) is 6.90. The molecule has 1 N–H and O–H groups in total. The molecule has 0 saturated carbocycles. The van der Waals surface area contributed by atoms with Gasteiger partial charge in [0, 0.05) is 18.6 Å². The van der Waals surface area contributed by atoms with Crippen LogP contribution < -0.4 is 0 Å². The summed E-state index contributed by atoms with van der Waals surface area (Å²) in [5.41, 5.74) is 1.38. The van der Waals surface area contributed by atoms with Crippen LogP contribution in [0.25, 0.3) is 11.3 Å². The molecule has 4 nitrogen and oxygen atoms in total. The Balaban J connectivity index is 2.29. The Bertz CT molecular complexity index is 551. The molecule has 1 aromatic heterocycles. The third-order valence-electron chi connectivity index (χ3n) is 2.58. The lowest BCUT2D eigenvalue weighted by Crippen LogP contribution is -1.97. The zero-order valence-electron chi connectivity index (χ0n) is 10.6. The van der Waals surface area contributed by atoms with Crippen molar-refractivity contribution in [3.63, 3.8) is 0 Å². The summed E-state index contributed by atoms with van der Waals surface area (Å²) in [6, 6.07) is 9.38. The smallest absolute Gasteiger partial charge is 0.348 e. The monoisotopic (exact) mass is 277 g/mol. The highest BCUT2D eigenvalue weighted by Gasteiger charge is 2.18. The van der Waals surface area contributed by atoms with Gasteiger partial charge in [-0.05, 0) is 6.92 Å². The Morgan fingerprint density at radius 1 is 1.37 bits per heavy atom. The highest BCUT2D eigenvalue weighted by atomic mass is 32.1. The number of rotatable bonds is 6. The number of hydrogen-bond donors (Lipinski definition) is 1. The zero-order valence-corrected chi connectivity index (χ0v) is 11.4. The van der Waals surface area contributed by atoms with Crippen molar-refractivity contribution >= 4 is 17.3 Å². The van der Waals surface area contributed by atoms with E-state index in [2.05, 4.69) is 4.98 Å². The first-order chi connectivity index (χ1) is 9.22. The second-order valence-electron chi connectivity index (χ2n) is 3.90. The standard InChI is InChI=1S/C14H15NO3S/c1-2-18-9-8-11-15-12(13(19-11)14(16)17)10-6-4-3-5-7-10/h3-7H,2,8-9H2,1H3,(H,16,17). The van der Waals surface area contributed by atoms with E-state index in [-0.39, 0.29) is 4.88 Å². The summed E-state index contributed by atoms with van der Waals surface area (Å²) in [4.78, 5) is 16.0. The predicted molar refractivity (Wildman–Crippen MR) is 74.7 cm³/mol. The summed E-state index contributed by atoms with van der Waals surface area (Å²) in [5, 5.41) is 10.0. The molecule has 1 aromatic carbocycles. The van der Waals surface area contributed by atoms with Crippen LogP contribution in [0.3, 0.4) is 0 Å². The molecule has 0 amide bonds. The van der Waals surface area contributed by atoms with E-state index in [0.29, 0.717) is 25.3 Å². The number of carbonyl (C=O) groups is 1. The van der Waals surface area contributed by atoms with Crippen molar-refractivity contribution in [1.82, 2.24) is 4.98 Å². The minimum absolute atomic E-state index is 0.290. The third-order valence-corrected chi connectivity index (χ3v) is 3.68. The van der Waals surface area contributed by atoms with Gasteiger partial charge in [-0.1, -0.05) is 30.3 Å². The second kappa shape index (κ2) is 6.45. The third kappa shape index (κ3) is 3.39. The second-order valence-corrected chi connectivity index (χ2v) is 4.99. The quantitative estimate of drug-likeness (QED) is 0.824. The fourth-order valence-corrected chi connectivity index (χ4v) is 2.62. The lowest BCUT2D eigenvalue weighted by molar-refractivity contribution is 0.0702. The molecule has 0 spiro atoms. The summed E-state index contributed by atoms with van der Waals surface area (Å²) < 4.78 is 5.27. The van der Waals surface area contributed by atoms with Crippen LogP contribution in [-0.2, 0) is 11.2 Å². The van der Waals surface area contributed by atoms with E-state index >= 15 is 0 Å². The van der Waals surface area contributed by atoms with Gasteiger partial charge < -0.3 is 9.84 Å². The molecule has 2 rings (SSSR count). The summed E-state index contributed by atoms with van der Waals surface area (Å²) in [5.74, 6) is -0.931. The maximum absolute atomic E-state index is 11.3. The summed E-state index contributed by atoms with van der Waals surface area (Å²) in [7, 11) is 0. The van der Waals surface area contributed by atoms with Gasteiger partial charge in [0.15, 0.2) is 0 Å². The van der Waals surface area contributed by atoms with Gasteiger partial charge in [0.2, 0.25) is 0 Å². The van der Waals surface area contributed by atoms with Crippen molar-refractivity contribution < 1.29 is 14.6 Å². The van der Waals surface area contributed by atoms with Crippen LogP contribution in [-0.4, -0.2) is 29.3 Å². The molecular formula is C14H15NO3S. The number of carboxylic acid groups (broad SMARTS) is 1. The van der Waals surface area contributed by atoms with E-state index in [4.69, 9.17) is 4.74 Å². The average Bonchev–Trinajstić information content (AvgIpc) is 2.84. The molecule has 100 valence electrons. The van der Waals surface area contributed by atoms with Crippen LogP contribution in [0, 0.1) is 0 Å². The molecular weight excluding hydrogens is 262 g/mol. The maximum Gasteiger partial charge on any atom is 0.348 e. The Morgan fingerprint density at radius 2 is 2.11 bits per heavy atom. The topological polar surface area (TPSA) is 59.4 Å². The van der Waals surface area contributed by atoms with Crippen molar-refractivity contribution in [1.29, 1.82) is 0 Å². The van der Waals surface area contributed by atoms with Gasteiger partial charge in [0.1, 0.15) is 4.88 Å². The number of carboxylic acids is 1. The summed E-state index contributed by atoms with van der Waals surface area (Å²) >= 11 is 1.22. The van der Waals surface area contributed by atoms with Crippen LogP contribution in [0.1, 0.15) is 21.6 Å². The number of aromatic carboxylic acids is 1. The van der Waals surface area contributed by atoms with Gasteiger partial charge >= 0.3 is 5.97 Å². The Labute approximate surface area is 115 Å². The van der Waals surface area contributed by atoms with Crippen molar-refractivity contribution in [3.05, 3.63) is 40.2 Å². The largest absolute Gasteiger partial charge is 0.477 e. The zero-order chi connectivity index (χ0) is 13.7. The molecule has 2 aromatic rings. The highest BCUT2D eigenvalue weighted by molar-refractivity contribution is 7.14. The molecule has 0 aliphatic heterocycles. The molecule has 0 fully saturated rings. The van der Waals surface area contributed by atoms with Gasteiger partial charge in [0.25, 0.3) is 0 Å². The Kier molecular flexibility index (Phi) is 4.65. The summed E-state index contributed by atoms with van der Waals surface area (Å²) in [6.45, 7) is 3.15. The molecule has 5 heteroatoms. The molecule has 0 bridgehead atoms. The number of ether oxygens (including phenoxy) is 1. The molecule has 0 atom stereocenters. The van der Waals surface area contributed by atoms with Gasteiger partial charge in [0.05, 0.1) is 17.3 Å². The van der Waals surface area contributed by atoms with Crippen LogP contribution in [0.5, 0.6) is 0 Å². The maximum atomic E-state index is 11.3.